The number of phenolic OH excluding ortho intramolecular Hbond substituents is 1. The summed E-state index contributed by atoms with van der Waals surface area (Å²) >= 11 is 1.53. The van der Waals surface area contributed by atoms with Gasteiger partial charge in [0.2, 0.25) is 23.6 Å². The van der Waals surface area contributed by atoms with E-state index in [0.29, 0.717) is 49.8 Å². The number of aryl methyl sites for hydroxylation is 2. The average Bonchev–Trinajstić information content (AvgIpc) is 3.12. The Kier molecular flexibility index (Phi) is 18.8. The van der Waals surface area contributed by atoms with Crippen LogP contribution < -0.4 is 27.0 Å². The summed E-state index contributed by atoms with van der Waals surface area (Å²) < 4.78 is 0. The molecule has 1 aromatic rings. The van der Waals surface area contributed by atoms with Crippen molar-refractivity contribution in [1.29, 1.82) is 0 Å². The molecular formula is C39H63N5O7S. The molecular weight excluding hydrogens is 683 g/mol. The number of carboxylic acids is 1. The maximum Gasteiger partial charge on any atom is 0.303 e. The van der Waals surface area contributed by atoms with E-state index >= 15 is 0 Å². The molecule has 0 radical (unpaired) electrons. The maximum atomic E-state index is 13.9. The molecule has 0 unspecified atom stereocenters. The predicted octanol–water partition coefficient (Wildman–Crippen LogP) is 4.26. The van der Waals surface area contributed by atoms with Crippen LogP contribution in [0.3, 0.4) is 0 Å². The fourth-order valence-corrected chi connectivity index (χ4v) is 8.58. The lowest BCUT2D eigenvalue weighted by Gasteiger charge is -2.42. The number of hydrogen-bond donors (Lipinski definition) is 7. The molecule has 0 aliphatic heterocycles. The molecule has 12 nitrogen and oxygen atoms in total. The molecule has 13 heteroatoms. The van der Waals surface area contributed by atoms with E-state index in [1.54, 1.807) is 12.1 Å². The Labute approximate surface area is 314 Å². The number of aliphatic carboxylic acids is 1. The fraction of sp³-hybridized carbons (Fsp3) is 0.718. The number of carbonyl (C=O) groups excluding carboxylic acids is 4. The van der Waals surface area contributed by atoms with Crippen molar-refractivity contribution < 1.29 is 34.2 Å². The van der Waals surface area contributed by atoms with Gasteiger partial charge >= 0.3 is 5.97 Å². The number of carboxylic acid groups (broad SMARTS) is 1. The van der Waals surface area contributed by atoms with Crippen LogP contribution in [-0.2, 0) is 30.4 Å². The van der Waals surface area contributed by atoms with Crippen LogP contribution in [0, 0.1) is 31.6 Å². The molecule has 2 saturated carbocycles. The average molecular weight is 746 g/mol. The Hall–Kier alpha value is -3.32. The van der Waals surface area contributed by atoms with Crippen LogP contribution in [0.5, 0.6) is 5.75 Å². The molecule has 2 aliphatic carbocycles. The lowest BCUT2D eigenvalue weighted by molar-refractivity contribution is -0.137. The number of rotatable bonds is 21. The summed E-state index contributed by atoms with van der Waals surface area (Å²) in [6.07, 6.45) is 15.3. The number of amides is 4. The summed E-state index contributed by atoms with van der Waals surface area (Å²) in [6, 6.07) is 0.671. The van der Waals surface area contributed by atoms with Crippen LogP contribution in [0.15, 0.2) is 12.1 Å². The van der Waals surface area contributed by atoms with Gasteiger partial charge in [-0.2, -0.15) is 11.8 Å². The van der Waals surface area contributed by atoms with Crippen molar-refractivity contribution in [1.82, 2.24) is 21.3 Å². The minimum absolute atomic E-state index is 0.0109. The summed E-state index contributed by atoms with van der Waals surface area (Å²) in [7, 11) is 0. The lowest BCUT2D eigenvalue weighted by atomic mass is 9.66. The van der Waals surface area contributed by atoms with Crippen molar-refractivity contribution in [3.8, 4) is 5.75 Å². The molecule has 8 N–H and O–H groups in total. The summed E-state index contributed by atoms with van der Waals surface area (Å²) in [5, 5.41) is 30.4. The first-order chi connectivity index (χ1) is 24.9. The van der Waals surface area contributed by atoms with Crippen molar-refractivity contribution in [2.24, 2.45) is 23.5 Å². The number of nitrogens with two attached hydrogens (primary N) is 1. The second-order valence-corrected chi connectivity index (χ2v) is 15.8. The smallest absolute Gasteiger partial charge is 0.303 e. The molecule has 0 bridgehead atoms. The van der Waals surface area contributed by atoms with Crippen molar-refractivity contribution in [2.45, 2.75) is 135 Å². The highest BCUT2D eigenvalue weighted by molar-refractivity contribution is 7.98. The quantitative estimate of drug-likeness (QED) is 0.0899. The number of nitrogens with one attached hydrogen (secondary N) is 4. The molecule has 0 spiro atoms. The van der Waals surface area contributed by atoms with Gasteiger partial charge in [0.1, 0.15) is 17.8 Å². The first-order valence-corrected chi connectivity index (χ1v) is 20.7. The highest BCUT2D eigenvalue weighted by atomic mass is 32.2. The van der Waals surface area contributed by atoms with E-state index in [1.165, 1.54) is 24.6 Å². The van der Waals surface area contributed by atoms with Crippen molar-refractivity contribution in [3.05, 3.63) is 28.8 Å². The zero-order valence-corrected chi connectivity index (χ0v) is 32.3. The van der Waals surface area contributed by atoms with Gasteiger partial charge < -0.3 is 37.2 Å². The SMILES string of the molecule is CSCC[C@@H](NC(=O)[C@H](N)Cc1c(C)cc(O)cc1C)C(=O)NCC(=O)N[C@H](C(=O)NCCCCCC(=O)O)C(C1CCCCC1)C1CCCCC1. The number of benzene rings is 1. The molecule has 0 aromatic heterocycles. The van der Waals surface area contributed by atoms with E-state index in [1.807, 2.05) is 20.1 Å². The molecule has 2 aliphatic rings. The van der Waals surface area contributed by atoms with Crippen LogP contribution in [0.4, 0.5) is 0 Å². The number of thioether (sulfide) groups is 1. The fourth-order valence-electron chi connectivity index (χ4n) is 8.11. The van der Waals surface area contributed by atoms with Gasteiger partial charge in [-0.25, -0.2) is 0 Å². The van der Waals surface area contributed by atoms with Crippen molar-refractivity contribution in [2.75, 3.05) is 25.1 Å². The minimum Gasteiger partial charge on any atom is -0.508 e. The molecule has 0 saturated heterocycles. The van der Waals surface area contributed by atoms with E-state index in [0.717, 1.165) is 68.1 Å². The highest BCUT2D eigenvalue weighted by Crippen LogP contribution is 2.42. The summed E-state index contributed by atoms with van der Waals surface area (Å²) in [6.45, 7) is 3.74. The molecule has 4 amide bonds. The van der Waals surface area contributed by atoms with Crippen LogP contribution >= 0.6 is 11.8 Å². The number of carbonyl (C=O) groups is 5. The third-order valence-electron chi connectivity index (χ3n) is 10.8. The second kappa shape index (κ2) is 22.7. The summed E-state index contributed by atoms with van der Waals surface area (Å²) in [5.74, 6) is -1.13. The molecule has 1 aromatic carbocycles. The van der Waals surface area contributed by atoms with Crippen molar-refractivity contribution in [3.63, 3.8) is 0 Å². The predicted molar refractivity (Wildman–Crippen MR) is 205 cm³/mol. The Morgan fingerprint density at radius 3 is 1.98 bits per heavy atom. The zero-order chi connectivity index (χ0) is 38.0. The van der Waals surface area contributed by atoms with Crippen molar-refractivity contribution >= 4 is 41.4 Å². The van der Waals surface area contributed by atoms with Crippen LogP contribution in [-0.4, -0.2) is 83.0 Å². The van der Waals surface area contributed by atoms with E-state index in [9.17, 15) is 29.1 Å². The van der Waals surface area contributed by atoms with Gasteiger partial charge in [0.15, 0.2) is 0 Å². The number of hydrogen-bond acceptors (Lipinski definition) is 8. The third kappa shape index (κ3) is 14.2. The number of phenols is 1. The van der Waals surface area contributed by atoms with Gasteiger partial charge in [0, 0.05) is 13.0 Å². The topological polar surface area (TPSA) is 200 Å². The molecule has 292 valence electrons. The maximum absolute atomic E-state index is 13.9. The van der Waals surface area contributed by atoms with Gasteiger partial charge in [0.25, 0.3) is 0 Å². The summed E-state index contributed by atoms with van der Waals surface area (Å²) in [4.78, 5) is 65.0. The molecule has 52 heavy (non-hydrogen) atoms. The first kappa shape index (κ1) is 43.1. The standard InChI is InChI=1S/C39H63N5O7S/c1-25-21-29(45)22-26(2)30(25)23-31(40)37(49)43-32(18-20-52-3)38(50)42-24-33(46)44-36(39(51)41-19-12-6-11-17-34(47)48)35(27-13-7-4-8-14-27)28-15-9-5-10-16-28/h21-22,27-28,31-32,35-36,45H,4-20,23-24,40H2,1-3H3,(H,41,51)(H,42,50)(H,43,49)(H,44,46)(H,47,48)/t31-,32-,36+/m1/s1. The highest BCUT2D eigenvalue weighted by Gasteiger charge is 2.41. The van der Waals surface area contributed by atoms with Crippen LogP contribution in [0.1, 0.15) is 113 Å². The van der Waals surface area contributed by atoms with E-state index in [4.69, 9.17) is 10.8 Å². The minimum atomic E-state index is -0.928. The Bertz CT molecular complexity index is 1290. The third-order valence-corrected chi connectivity index (χ3v) is 11.5. The van der Waals surface area contributed by atoms with Crippen LogP contribution in [0.25, 0.3) is 0 Å². The van der Waals surface area contributed by atoms with Gasteiger partial charge in [0.05, 0.1) is 12.6 Å². The van der Waals surface area contributed by atoms with Gasteiger partial charge in [-0.3, -0.25) is 24.0 Å². The second-order valence-electron chi connectivity index (χ2n) is 14.8. The molecule has 3 atom stereocenters. The normalized spacial score (nSPS) is 17.2. The van der Waals surface area contributed by atoms with Gasteiger partial charge in [-0.1, -0.05) is 70.6 Å². The van der Waals surface area contributed by atoms with Gasteiger partial charge in [-0.05, 0) is 98.1 Å². The number of aromatic hydroxyl groups is 1. The first-order valence-electron chi connectivity index (χ1n) is 19.3. The molecule has 2 fully saturated rings. The van der Waals surface area contributed by atoms with E-state index in [2.05, 4.69) is 21.3 Å². The van der Waals surface area contributed by atoms with Crippen LogP contribution in [0.2, 0.25) is 0 Å². The monoisotopic (exact) mass is 745 g/mol. The summed E-state index contributed by atoms with van der Waals surface area (Å²) in [5.41, 5.74) is 8.79. The van der Waals surface area contributed by atoms with E-state index < -0.39 is 41.8 Å². The van der Waals surface area contributed by atoms with E-state index in [-0.39, 0.29) is 37.0 Å². The Morgan fingerprint density at radius 1 is 0.827 bits per heavy atom. The Morgan fingerprint density at radius 2 is 1.42 bits per heavy atom. The number of unbranched alkanes of at least 4 members (excludes halogenated alkanes) is 2. The Balaban J connectivity index is 1.68. The molecule has 3 rings (SSSR count). The molecule has 0 heterocycles. The zero-order valence-electron chi connectivity index (χ0n) is 31.5. The van der Waals surface area contributed by atoms with Gasteiger partial charge in [-0.15, -0.1) is 0 Å². The largest absolute Gasteiger partial charge is 0.508 e. The lowest BCUT2D eigenvalue weighted by Crippen LogP contribution is -2.57.